The number of carbonyl (C=O) groups excluding carboxylic acids is 1. The van der Waals surface area contributed by atoms with Gasteiger partial charge in [0.05, 0.1) is 10.6 Å². The Balaban J connectivity index is 1.99. The fourth-order valence-electron chi connectivity index (χ4n) is 2.40. The average Bonchev–Trinajstić information content (AvgIpc) is 2.77. The second kappa shape index (κ2) is 6.26. The average molecular weight is 343 g/mol. The maximum Gasteiger partial charge on any atom is 0.270 e. The molecule has 1 saturated heterocycles. The quantitative estimate of drug-likeness (QED) is 0.574. The maximum atomic E-state index is 13.3. The number of thiocarbonyl (C=S) groups is 1. The van der Waals surface area contributed by atoms with Crippen LogP contribution in [0.25, 0.3) is 6.08 Å². The third kappa shape index (κ3) is 3.07. The molecule has 0 bridgehead atoms. The lowest BCUT2D eigenvalue weighted by Crippen LogP contribution is -2.28. The van der Waals surface area contributed by atoms with E-state index < -0.39 is 0 Å². The number of carbonyl (C=O) groups is 1. The number of hydrogen-bond acceptors (Lipinski definition) is 3. The fraction of sp³-hybridized carbons (Fsp3) is 0.111. The van der Waals surface area contributed by atoms with Gasteiger partial charge in [0, 0.05) is 0 Å². The van der Waals surface area contributed by atoms with Crippen molar-refractivity contribution in [2.45, 2.75) is 13.8 Å². The number of nitrogens with zero attached hydrogens (tertiary/aromatic N) is 1. The van der Waals surface area contributed by atoms with Crippen LogP contribution in [0.2, 0.25) is 0 Å². The minimum absolute atomic E-state index is 0.169. The van der Waals surface area contributed by atoms with Crippen LogP contribution in [0.1, 0.15) is 16.7 Å². The first-order valence-electron chi connectivity index (χ1n) is 7.07. The van der Waals surface area contributed by atoms with E-state index in [1.54, 1.807) is 23.1 Å². The lowest BCUT2D eigenvalue weighted by Gasteiger charge is -2.18. The molecule has 1 fully saturated rings. The highest BCUT2D eigenvalue weighted by atomic mass is 32.2. The van der Waals surface area contributed by atoms with Gasteiger partial charge in [-0.25, -0.2) is 4.39 Å². The first-order valence-corrected chi connectivity index (χ1v) is 8.29. The van der Waals surface area contributed by atoms with Crippen molar-refractivity contribution in [3.8, 4) is 0 Å². The SMILES string of the molecule is Cc1cccc(N2C(=O)/C(=C\c3cccc(F)c3)SC2=S)c1C. The molecule has 0 radical (unpaired) electrons. The Morgan fingerprint density at radius 2 is 1.91 bits per heavy atom. The molecule has 1 aliphatic rings. The van der Waals surface area contributed by atoms with Crippen LogP contribution in [0.4, 0.5) is 10.1 Å². The molecule has 0 saturated carbocycles. The zero-order valence-corrected chi connectivity index (χ0v) is 14.3. The molecular weight excluding hydrogens is 329 g/mol. The van der Waals surface area contributed by atoms with Crippen molar-refractivity contribution in [2.75, 3.05) is 4.90 Å². The van der Waals surface area contributed by atoms with Crippen molar-refractivity contribution >= 4 is 46.0 Å². The van der Waals surface area contributed by atoms with Gasteiger partial charge in [-0.15, -0.1) is 0 Å². The minimum atomic E-state index is -0.330. The van der Waals surface area contributed by atoms with E-state index in [0.717, 1.165) is 16.8 Å². The minimum Gasteiger partial charge on any atom is -0.268 e. The Hall–Kier alpha value is -1.98. The molecule has 23 heavy (non-hydrogen) atoms. The number of thioether (sulfide) groups is 1. The highest BCUT2D eigenvalue weighted by Crippen LogP contribution is 2.37. The summed E-state index contributed by atoms with van der Waals surface area (Å²) in [6.07, 6.45) is 1.67. The lowest BCUT2D eigenvalue weighted by atomic mass is 10.1. The molecule has 116 valence electrons. The summed E-state index contributed by atoms with van der Waals surface area (Å²) in [4.78, 5) is 14.8. The van der Waals surface area contributed by atoms with E-state index in [-0.39, 0.29) is 11.7 Å². The number of benzene rings is 2. The van der Waals surface area contributed by atoms with Crippen molar-refractivity contribution in [1.29, 1.82) is 0 Å². The topological polar surface area (TPSA) is 20.3 Å². The molecule has 0 spiro atoms. The Labute approximate surface area is 144 Å². The number of rotatable bonds is 2. The Bertz CT molecular complexity index is 845. The van der Waals surface area contributed by atoms with Gasteiger partial charge in [0.2, 0.25) is 0 Å². The third-order valence-electron chi connectivity index (χ3n) is 3.76. The highest BCUT2D eigenvalue weighted by Gasteiger charge is 2.34. The van der Waals surface area contributed by atoms with Crippen molar-refractivity contribution in [3.05, 3.63) is 69.9 Å². The lowest BCUT2D eigenvalue weighted by molar-refractivity contribution is -0.113. The summed E-state index contributed by atoms with van der Waals surface area (Å²) in [5.41, 5.74) is 3.57. The van der Waals surface area contributed by atoms with Crippen molar-refractivity contribution in [1.82, 2.24) is 0 Å². The van der Waals surface area contributed by atoms with E-state index in [4.69, 9.17) is 12.2 Å². The summed E-state index contributed by atoms with van der Waals surface area (Å²) in [5.74, 6) is -0.498. The van der Waals surface area contributed by atoms with Gasteiger partial charge in [0.25, 0.3) is 5.91 Å². The van der Waals surface area contributed by atoms with Crippen LogP contribution >= 0.6 is 24.0 Å². The maximum absolute atomic E-state index is 13.3. The number of hydrogen-bond donors (Lipinski definition) is 0. The van der Waals surface area contributed by atoms with E-state index in [2.05, 4.69) is 0 Å². The number of aryl methyl sites for hydroxylation is 1. The molecule has 1 aliphatic heterocycles. The molecule has 3 rings (SSSR count). The molecule has 1 amide bonds. The standard InChI is InChI=1S/C18H14FNOS2/c1-11-5-3-8-15(12(11)2)20-17(21)16(23-18(20)22)10-13-6-4-7-14(19)9-13/h3-10H,1-2H3/b16-10+. The number of halogens is 1. The summed E-state index contributed by atoms with van der Waals surface area (Å²) >= 11 is 6.61. The van der Waals surface area contributed by atoms with Crippen LogP contribution in [-0.4, -0.2) is 10.2 Å². The highest BCUT2D eigenvalue weighted by molar-refractivity contribution is 8.27. The number of anilines is 1. The molecule has 1 heterocycles. The van der Waals surface area contributed by atoms with Crippen LogP contribution in [0, 0.1) is 19.7 Å². The largest absolute Gasteiger partial charge is 0.270 e. The van der Waals surface area contributed by atoms with E-state index in [9.17, 15) is 9.18 Å². The normalized spacial score (nSPS) is 16.5. The predicted molar refractivity (Wildman–Crippen MR) is 98.0 cm³/mol. The van der Waals surface area contributed by atoms with Gasteiger partial charge in [-0.1, -0.05) is 48.2 Å². The van der Waals surface area contributed by atoms with Gasteiger partial charge < -0.3 is 0 Å². The summed E-state index contributed by atoms with van der Waals surface area (Å²) < 4.78 is 13.8. The summed E-state index contributed by atoms with van der Waals surface area (Å²) in [7, 11) is 0. The molecule has 2 aromatic rings. The third-order valence-corrected chi connectivity index (χ3v) is 5.06. The van der Waals surface area contributed by atoms with Crippen LogP contribution in [0.5, 0.6) is 0 Å². The van der Waals surface area contributed by atoms with Crippen LogP contribution in [0.15, 0.2) is 47.4 Å². The van der Waals surface area contributed by atoms with Crippen molar-refractivity contribution < 1.29 is 9.18 Å². The van der Waals surface area contributed by atoms with Crippen LogP contribution in [-0.2, 0) is 4.79 Å². The van der Waals surface area contributed by atoms with Crippen molar-refractivity contribution in [3.63, 3.8) is 0 Å². The molecule has 5 heteroatoms. The van der Waals surface area contributed by atoms with E-state index in [1.165, 1.54) is 23.9 Å². The Morgan fingerprint density at radius 3 is 2.65 bits per heavy atom. The molecule has 0 N–H and O–H groups in total. The van der Waals surface area contributed by atoms with Crippen molar-refractivity contribution in [2.24, 2.45) is 0 Å². The first-order chi connectivity index (χ1) is 11.0. The zero-order valence-electron chi connectivity index (χ0n) is 12.7. The molecule has 2 aromatic carbocycles. The van der Waals surface area contributed by atoms with Gasteiger partial charge in [0.15, 0.2) is 4.32 Å². The monoisotopic (exact) mass is 343 g/mol. The summed E-state index contributed by atoms with van der Waals surface area (Å²) in [6, 6.07) is 11.9. The van der Waals surface area contributed by atoms with Gasteiger partial charge in [-0.2, -0.15) is 0 Å². The smallest absolute Gasteiger partial charge is 0.268 e. The molecular formula is C18H14FNOS2. The number of amides is 1. The van der Waals surface area contributed by atoms with E-state index >= 15 is 0 Å². The second-order valence-corrected chi connectivity index (χ2v) is 6.97. The molecule has 2 nitrogen and oxygen atoms in total. The van der Waals surface area contributed by atoms with Crippen LogP contribution < -0.4 is 4.90 Å². The summed E-state index contributed by atoms with van der Waals surface area (Å²) in [6.45, 7) is 3.97. The fourth-order valence-corrected chi connectivity index (χ4v) is 3.69. The second-order valence-electron chi connectivity index (χ2n) is 5.29. The van der Waals surface area contributed by atoms with Crippen LogP contribution in [0.3, 0.4) is 0 Å². The van der Waals surface area contributed by atoms with Gasteiger partial charge in [-0.05, 0) is 54.8 Å². The molecule has 0 aliphatic carbocycles. The Morgan fingerprint density at radius 1 is 1.17 bits per heavy atom. The summed E-state index contributed by atoms with van der Waals surface area (Å²) in [5, 5.41) is 0. The van der Waals surface area contributed by atoms with Gasteiger partial charge >= 0.3 is 0 Å². The first kappa shape index (κ1) is 15.9. The van der Waals surface area contributed by atoms with Gasteiger partial charge in [0.1, 0.15) is 5.82 Å². The predicted octanol–water partition coefficient (Wildman–Crippen LogP) is 4.85. The Kier molecular flexibility index (Phi) is 4.33. The van der Waals surface area contributed by atoms with Gasteiger partial charge in [-0.3, -0.25) is 9.69 Å². The zero-order chi connectivity index (χ0) is 16.6. The molecule has 0 aromatic heterocycles. The molecule has 0 unspecified atom stereocenters. The van der Waals surface area contributed by atoms with E-state index in [1.807, 2.05) is 32.0 Å². The van der Waals surface area contributed by atoms with E-state index in [0.29, 0.717) is 14.8 Å². The molecule has 0 atom stereocenters.